The fraction of sp³-hybridized carbons (Fsp3) is 0.909. The van der Waals surface area contributed by atoms with E-state index >= 15 is 0 Å². The minimum absolute atomic E-state index is 0.116. The van der Waals surface area contributed by atoms with Crippen LogP contribution in [-0.2, 0) is 4.74 Å². The summed E-state index contributed by atoms with van der Waals surface area (Å²) in [6.07, 6.45) is 5.12. The first-order valence-electron chi connectivity index (χ1n) is 11.6. The Balaban J connectivity index is 2.37. The van der Waals surface area contributed by atoms with Gasteiger partial charge in [-0.05, 0) is 66.7 Å². The first kappa shape index (κ1) is 26.5. The molecule has 1 atom stereocenters. The molecule has 1 unspecified atom stereocenters. The fourth-order valence-electron chi connectivity index (χ4n) is 3.42. The van der Waals surface area contributed by atoms with E-state index in [9.17, 15) is 4.79 Å². The number of hydrogen-bond donors (Lipinski definition) is 3. The molecule has 1 rings (SSSR count). The molecule has 0 saturated carbocycles. The average molecular weight is 427 g/mol. The number of amides is 1. The van der Waals surface area contributed by atoms with Crippen LogP contribution in [0.2, 0.25) is 0 Å². The van der Waals surface area contributed by atoms with E-state index in [4.69, 9.17) is 4.74 Å². The number of guanidine groups is 1. The molecule has 0 radical (unpaired) electrons. The van der Waals surface area contributed by atoms with Crippen LogP contribution in [0.25, 0.3) is 0 Å². The molecule has 1 amide bonds. The van der Waals surface area contributed by atoms with Gasteiger partial charge in [-0.1, -0.05) is 19.8 Å². The van der Waals surface area contributed by atoms with E-state index in [-0.39, 0.29) is 12.1 Å². The largest absolute Gasteiger partial charge is 0.444 e. The van der Waals surface area contributed by atoms with Crippen molar-refractivity contribution in [3.8, 4) is 0 Å². The second-order valence-corrected chi connectivity index (χ2v) is 9.22. The fourth-order valence-corrected chi connectivity index (χ4v) is 3.42. The van der Waals surface area contributed by atoms with Crippen LogP contribution in [0.5, 0.6) is 0 Å². The van der Waals surface area contributed by atoms with Crippen LogP contribution in [0.3, 0.4) is 0 Å². The van der Waals surface area contributed by atoms with Gasteiger partial charge in [0.1, 0.15) is 5.60 Å². The monoisotopic (exact) mass is 426 g/mol. The normalized spacial score (nSPS) is 17.9. The van der Waals surface area contributed by atoms with Crippen molar-refractivity contribution in [3.05, 3.63) is 0 Å². The van der Waals surface area contributed by atoms with Gasteiger partial charge in [-0.3, -0.25) is 4.99 Å². The molecule has 30 heavy (non-hydrogen) atoms. The first-order valence-corrected chi connectivity index (χ1v) is 11.6. The van der Waals surface area contributed by atoms with E-state index in [2.05, 4.69) is 44.7 Å². The van der Waals surface area contributed by atoms with Gasteiger partial charge in [-0.25, -0.2) is 4.79 Å². The standard InChI is InChI=1S/C22H46N6O2/c1-7-8-11-19(18-25-21(29)30-22(2,3)4)26-20(23-5)24-12-9-14-28-15-10-13-27(6)16-17-28/h19H,7-18H2,1-6H3,(H,25,29)(H2,23,24,26). The summed E-state index contributed by atoms with van der Waals surface area (Å²) in [5.41, 5.74) is -0.489. The van der Waals surface area contributed by atoms with Gasteiger partial charge < -0.3 is 30.5 Å². The minimum atomic E-state index is -0.489. The summed E-state index contributed by atoms with van der Waals surface area (Å²) in [6, 6.07) is 0.116. The lowest BCUT2D eigenvalue weighted by molar-refractivity contribution is 0.0523. The smallest absolute Gasteiger partial charge is 0.407 e. The van der Waals surface area contributed by atoms with Crippen LogP contribution in [-0.4, -0.2) is 93.4 Å². The van der Waals surface area contributed by atoms with E-state index in [0.717, 1.165) is 57.8 Å². The summed E-state index contributed by atoms with van der Waals surface area (Å²) in [5.74, 6) is 0.790. The Bertz CT molecular complexity index is 506. The number of nitrogens with one attached hydrogen (secondary N) is 3. The van der Waals surface area contributed by atoms with Gasteiger partial charge in [-0.15, -0.1) is 0 Å². The highest BCUT2D eigenvalue weighted by atomic mass is 16.6. The zero-order valence-electron chi connectivity index (χ0n) is 20.2. The minimum Gasteiger partial charge on any atom is -0.444 e. The Hall–Kier alpha value is -1.54. The third-order valence-corrected chi connectivity index (χ3v) is 5.12. The molecule has 0 spiro atoms. The molecule has 0 aromatic rings. The highest BCUT2D eigenvalue weighted by Gasteiger charge is 2.18. The van der Waals surface area contributed by atoms with E-state index in [1.54, 1.807) is 7.05 Å². The Labute approximate surface area is 184 Å². The number of carbonyl (C=O) groups excluding carboxylic acids is 1. The molecule has 8 heteroatoms. The number of alkyl carbamates (subject to hydrolysis) is 1. The number of hydrogen-bond acceptors (Lipinski definition) is 5. The van der Waals surface area contributed by atoms with Gasteiger partial charge in [0.25, 0.3) is 0 Å². The van der Waals surface area contributed by atoms with Crippen molar-refractivity contribution in [2.24, 2.45) is 4.99 Å². The van der Waals surface area contributed by atoms with Crippen molar-refractivity contribution in [3.63, 3.8) is 0 Å². The van der Waals surface area contributed by atoms with E-state index < -0.39 is 5.60 Å². The molecular weight excluding hydrogens is 380 g/mol. The Kier molecular flexibility index (Phi) is 12.8. The molecule has 0 aromatic heterocycles. The molecule has 8 nitrogen and oxygen atoms in total. The van der Waals surface area contributed by atoms with Crippen molar-refractivity contribution in [1.82, 2.24) is 25.8 Å². The first-order chi connectivity index (χ1) is 14.2. The number of nitrogens with zero attached hydrogens (tertiary/aromatic N) is 3. The molecule has 176 valence electrons. The molecule has 3 N–H and O–H groups in total. The quantitative estimate of drug-likeness (QED) is 0.282. The maximum absolute atomic E-state index is 12.0. The van der Waals surface area contributed by atoms with Crippen molar-refractivity contribution >= 4 is 12.1 Å². The van der Waals surface area contributed by atoms with Crippen LogP contribution < -0.4 is 16.0 Å². The van der Waals surface area contributed by atoms with Crippen molar-refractivity contribution < 1.29 is 9.53 Å². The van der Waals surface area contributed by atoms with Crippen LogP contribution in [0.4, 0.5) is 4.79 Å². The lowest BCUT2D eigenvalue weighted by atomic mass is 10.1. The summed E-state index contributed by atoms with van der Waals surface area (Å²) < 4.78 is 5.35. The number of rotatable bonds is 10. The molecule has 1 fully saturated rings. The molecule has 1 aliphatic rings. The third-order valence-electron chi connectivity index (χ3n) is 5.12. The number of ether oxygens (including phenoxy) is 1. The highest BCUT2D eigenvalue weighted by Crippen LogP contribution is 2.07. The Morgan fingerprint density at radius 1 is 1.13 bits per heavy atom. The summed E-state index contributed by atoms with van der Waals surface area (Å²) in [5, 5.41) is 9.76. The second-order valence-electron chi connectivity index (χ2n) is 9.22. The number of carbonyl (C=O) groups is 1. The second kappa shape index (κ2) is 14.5. The molecule has 1 heterocycles. The molecule has 1 saturated heterocycles. The molecule has 0 aromatic carbocycles. The van der Waals surface area contributed by atoms with Crippen molar-refractivity contribution in [1.29, 1.82) is 0 Å². The Morgan fingerprint density at radius 3 is 2.57 bits per heavy atom. The van der Waals surface area contributed by atoms with Crippen molar-refractivity contribution in [2.45, 2.75) is 71.4 Å². The average Bonchev–Trinajstić information content (AvgIpc) is 2.88. The highest BCUT2D eigenvalue weighted by molar-refractivity contribution is 5.80. The van der Waals surface area contributed by atoms with Crippen molar-refractivity contribution in [2.75, 3.05) is 59.9 Å². The number of likely N-dealkylation sites (N-methyl/N-ethyl adjacent to an activating group) is 1. The molecular formula is C22H46N6O2. The summed E-state index contributed by atoms with van der Waals surface area (Å²) in [6.45, 7) is 15.0. The van der Waals surface area contributed by atoms with E-state index in [1.807, 2.05) is 20.8 Å². The maximum atomic E-state index is 12.0. The predicted molar refractivity (Wildman–Crippen MR) is 125 cm³/mol. The van der Waals surface area contributed by atoms with Gasteiger partial charge in [0.05, 0.1) is 0 Å². The van der Waals surface area contributed by atoms with E-state index in [0.29, 0.717) is 6.54 Å². The topological polar surface area (TPSA) is 81.2 Å². The Morgan fingerprint density at radius 2 is 1.90 bits per heavy atom. The van der Waals surface area contributed by atoms with Gasteiger partial charge >= 0.3 is 6.09 Å². The van der Waals surface area contributed by atoms with Crippen LogP contribution >= 0.6 is 0 Å². The van der Waals surface area contributed by atoms with E-state index in [1.165, 1.54) is 19.5 Å². The van der Waals surface area contributed by atoms with Gasteiger partial charge in [0.15, 0.2) is 5.96 Å². The van der Waals surface area contributed by atoms with Gasteiger partial charge in [-0.2, -0.15) is 0 Å². The van der Waals surface area contributed by atoms with Crippen LogP contribution in [0.15, 0.2) is 4.99 Å². The molecule has 1 aliphatic heterocycles. The van der Waals surface area contributed by atoms with Crippen LogP contribution in [0.1, 0.15) is 59.8 Å². The van der Waals surface area contributed by atoms with Gasteiger partial charge in [0.2, 0.25) is 0 Å². The third kappa shape index (κ3) is 12.9. The lowest BCUT2D eigenvalue weighted by Gasteiger charge is -2.24. The zero-order valence-corrected chi connectivity index (χ0v) is 20.2. The molecule has 0 bridgehead atoms. The zero-order chi connectivity index (χ0) is 22.4. The lowest BCUT2D eigenvalue weighted by Crippen LogP contribution is -2.49. The summed E-state index contributed by atoms with van der Waals surface area (Å²) in [4.78, 5) is 21.3. The summed E-state index contributed by atoms with van der Waals surface area (Å²) >= 11 is 0. The number of unbranched alkanes of at least 4 members (excludes halogenated alkanes) is 1. The predicted octanol–water partition coefficient (Wildman–Crippen LogP) is 2.26. The van der Waals surface area contributed by atoms with Crippen LogP contribution in [0, 0.1) is 0 Å². The van der Waals surface area contributed by atoms with Gasteiger partial charge in [0, 0.05) is 39.3 Å². The number of aliphatic imine (C=N–C) groups is 1. The summed E-state index contributed by atoms with van der Waals surface area (Å²) in [7, 11) is 3.99. The molecule has 0 aliphatic carbocycles. The maximum Gasteiger partial charge on any atom is 0.407 e. The SMILES string of the molecule is CCCCC(CNC(=O)OC(C)(C)C)NC(=NC)NCCCN1CCCN(C)CC1.